The molecule has 0 fully saturated rings. The summed E-state index contributed by atoms with van der Waals surface area (Å²) < 4.78 is 6.52. The van der Waals surface area contributed by atoms with Crippen LogP contribution in [0.15, 0.2) is 23.6 Å². The van der Waals surface area contributed by atoms with E-state index in [1.807, 2.05) is 0 Å². The number of hydrogen-bond acceptors (Lipinski definition) is 3. The predicted octanol–water partition coefficient (Wildman–Crippen LogP) is 0.965. The lowest BCUT2D eigenvalue weighted by molar-refractivity contribution is 0.600. The van der Waals surface area contributed by atoms with Gasteiger partial charge in [0.1, 0.15) is 0 Å². The summed E-state index contributed by atoms with van der Waals surface area (Å²) in [6.07, 6.45) is 4.59. The second-order valence-electron chi connectivity index (χ2n) is 1.81. The van der Waals surface area contributed by atoms with E-state index in [1.54, 1.807) is 16.8 Å². The average molecular weight is 135 g/mol. The minimum absolute atomic E-state index is 0.634. The molecule has 4 heteroatoms. The van der Waals surface area contributed by atoms with Crippen LogP contribution >= 0.6 is 0 Å². The Morgan fingerprint density at radius 1 is 1.70 bits per heavy atom. The Bertz CT molecular complexity index is 360. The van der Waals surface area contributed by atoms with Gasteiger partial charge in [-0.05, 0) is 6.08 Å². The van der Waals surface area contributed by atoms with Crippen molar-refractivity contribution in [1.29, 1.82) is 0 Å². The summed E-state index contributed by atoms with van der Waals surface area (Å²) in [6, 6.07) is 0. The van der Waals surface area contributed by atoms with Crippen LogP contribution in [0.1, 0.15) is 5.82 Å². The first-order valence-electron chi connectivity index (χ1n) is 2.81. The van der Waals surface area contributed by atoms with E-state index in [0.29, 0.717) is 11.5 Å². The molecule has 0 saturated carbocycles. The van der Waals surface area contributed by atoms with Crippen molar-refractivity contribution in [2.45, 2.75) is 0 Å². The van der Waals surface area contributed by atoms with E-state index in [2.05, 4.69) is 16.7 Å². The zero-order chi connectivity index (χ0) is 6.97. The molecular formula is C6H5N3O. The van der Waals surface area contributed by atoms with Gasteiger partial charge in [-0.3, -0.25) is 0 Å². The van der Waals surface area contributed by atoms with Crippen molar-refractivity contribution in [1.82, 2.24) is 14.6 Å². The summed E-state index contributed by atoms with van der Waals surface area (Å²) in [5.74, 6) is 0.698. The third-order valence-electron chi connectivity index (χ3n) is 1.25. The first kappa shape index (κ1) is 5.22. The normalized spacial score (nSPS) is 10.4. The zero-order valence-electron chi connectivity index (χ0n) is 5.19. The SMILES string of the molecule is C=Cc1ncc2ocnn12. The van der Waals surface area contributed by atoms with E-state index in [0.717, 1.165) is 0 Å². The Balaban J connectivity index is 2.88. The molecule has 0 unspecified atom stereocenters. The molecule has 0 spiro atoms. The van der Waals surface area contributed by atoms with Gasteiger partial charge >= 0.3 is 0 Å². The van der Waals surface area contributed by atoms with Gasteiger partial charge in [0.15, 0.2) is 5.82 Å². The molecule has 50 valence electrons. The number of nitrogens with zero attached hydrogens (tertiary/aromatic N) is 3. The van der Waals surface area contributed by atoms with Crippen molar-refractivity contribution in [3.05, 3.63) is 25.0 Å². The summed E-state index contributed by atoms with van der Waals surface area (Å²) in [5, 5.41) is 3.87. The number of hydrogen-bond donors (Lipinski definition) is 0. The highest BCUT2D eigenvalue weighted by atomic mass is 16.4. The molecular weight excluding hydrogens is 130 g/mol. The molecule has 0 N–H and O–H groups in total. The average Bonchev–Trinajstić information content (AvgIpc) is 2.44. The van der Waals surface area contributed by atoms with E-state index in [1.165, 1.54) is 6.39 Å². The van der Waals surface area contributed by atoms with Crippen LogP contribution in [0.2, 0.25) is 0 Å². The molecule has 2 rings (SSSR count). The highest BCUT2D eigenvalue weighted by Gasteiger charge is 2.00. The van der Waals surface area contributed by atoms with Gasteiger partial charge in [-0.25, -0.2) is 4.98 Å². The first-order chi connectivity index (χ1) is 4.92. The maximum Gasteiger partial charge on any atom is 0.242 e. The highest BCUT2D eigenvalue weighted by Crippen LogP contribution is 2.04. The van der Waals surface area contributed by atoms with Gasteiger partial charge in [-0.2, -0.15) is 4.52 Å². The molecule has 10 heavy (non-hydrogen) atoms. The smallest absolute Gasteiger partial charge is 0.242 e. The minimum Gasteiger partial charge on any atom is -0.424 e. The highest BCUT2D eigenvalue weighted by molar-refractivity contribution is 5.43. The molecule has 0 bridgehead atoms. The van der Waals surface area contributed by atoms with E-state index < -0.39 is 0 Å². The Morgan fingerprint density at radius 2 is 2.60 bits per heavy atom. The van der Waals surface area contributed by atoms with Crippen molar-refractivity contribution in [2.24, 2.45) is 0 Å². The molecule has 2 aromatic heterocycles. The molecule has 0 atom stereocenters. The number of fused-ring (bicyclic) bond motifs is 1. The molecule has 0 aromatic carbocycles. The van der Waals surface area contributed by atoms with E-state index in [4.69, 9.17) is 4.42 Å². The van der Waals surface area contributed by atoms with E-state index in [9.17, 15) is 0 Å². The fourth-order valence-electron chi connectivity index (χ4n) is 0.804. The molecule has 0 amide bonds. The predicted molar refractivity (Wildman–Crippen MR) is 35.3 cm³/mol. The molecule has 0 radical (unpaired) electrons. The third kappa shape index (κ3) is 0.500. The zero-order valence-corrected chi connectivity index (χ0v) is 5.19. The lowest BCUT2D eigenvalue weighted by Gasteiger charge is -1.80. The molecule has 2 heterocycles. The van der Waals surface area contributed by atoms with Gasteiger partial charge in [0.05, 0.1) is 6.20 Å². The number of aromatic nitrogens is 3. The number of rotatable bonds is 1. The van der Waals surface area contributed by atoms with Gasteiger partial charge in [0.2, 0.25) is 12.1 Å². The third-order valence-corrected chi connectivity index (χ3v) is 1.25. The summed E-state index contributed by atoms with van der Waals surface area (Å²) in [4.78, 5) is 3.96. The lowest BCUT2D eigenvalue weighted by Crippen LogP contribution is -1.85. The Hall–Kier alpha value is -1.58. The topological polar surface area (TPSA) is 43.3 Å². The van der Waals surface area contributed by atoms with Crippen LogP contribution in [0, 0.1) is 0 Å². The summed E-state index contributed by atoms with van der Waals surface area (Å²) in [6.45, 7) is 3.57. The standard InChI is InChI=1S/C6H5N3O/c1-2-5-7-3-6-9(5)8-4-10-6/h2-4H,1H2. The van der Waals surface area contributed by atoms with Crippen LogP contribution in [-0.4, -0.2) is 14.6 Å². The van der Waals surface area contributed by atoms with Gasteiger partial charge in [-0.15, -0.1) is 5.10 Å². The van der Waals surface area contributed by atoms with Crippen molar-refractivity contribution >= 4 is 11.8 Å². The van der Waals surface area contributed by atoms with Crippen LogP contribution in [0.3, 0.4) is 0 Å². The molecule has 0 aliphatic rings. The van der Waals surface area contributed by atoms with E-state index in [-0.39, 0.29) is 0 Å². The molecule has 2 aromatic rings. The van der Waals surface area contributed by atoms with Crippen molar-refractivity contribution < 1.29 is 4.42 Å². The maximum atomic E-state index is 4.94. The van der Waals surface area contributed by atoms with Gasteiger partial charge in [0.25, 0.3) is 0 Å². The summed E-state index contributed by atoms with van der Waals surface area (Å²) >= 11 is 0. The van der Waals surface area contributed by atoms with Gasteiger partial charge < -0.3 is 4.42 Å². The molecule has 4 nitrogen and oxygen atoms in total. The first-order valence-corrected chi connectivity index (χ1v) is 2.81. The lowest BCUT2D eigenvalue weighted by atomic mass is 10.6. The van der Waals surface area contributed by atoms with Crippen LogP contribution < -0.4 is 0 Å². The molecule has 0 aliphatic carbocycles. The van der Waals surface area contributed by atoms with Crippen LogP contribution in [0.25, 0.3) is 11.8 Å². The maximum absolute atomic E-state index is 4.94. The van der Waals surface area contributed by atoms with Gasteiger partial charge in [0, 0.05) is 0 Å². The summed E-state index contributed by atoms with van der Waals surface area (Å²) in [7, 11) is 0. The Labute approximate surface area is 56.8 Å². The van der Waals surface area contributed by atoms with Crippen LogP contribution in [-0.2, 0) is 0 Å². The summed E-state index contributed by atoms with van der Waals surface area (Å²) in [5.41, 5.74) is 0.634. The second-order valence-corrected chi connectivity index (χ2v) is 1.81. The van der Waals surface area contributed by atoms with Gasteiger partial charge in [-0.1, -0.05) is 6.58 Å². The van der Waals surface area contributed by atoms with Crippen molar-refractivity contribution in [3.63, 3.8) is 0 Å². The van der Waals surface area contributed by atoms with Crippen molar-refractivity contribution in [3.8, 4) is 0 Å². The monoisotopic (exact) mass is 135 g/mol. The molecule has 0 saturated heterocycles. The van der Waals surface area contributed by atoms with E-state index >= 15 is 0 Å². The van der Waals surface area contributed by atoms with Crippen molar-refractivity contribution in [2.75, 3.05) is 0 Å². The second kappa shape index (κ2) is 1.70. The Morgan fingerprint density at radius 3 is 3.40 bits per heavy atom. The minimum atomic E-state index is 0.634. The largest absolute Gasteiger partial charge is 0.424 e. The number of imidazole rings is 1. The fourth-order valence-corrected chi connectivity index (χ4v) is 0.804. The molecule has 0 aliphatic heterocycles. The van der Waals surface area contributed by atoms with Crippen LogP contribution in [0.5, 0.6) is 0 Å². The fraction of sp³-hybridized carbons (Fsp3) is 0. The quantitative estimate of drug-likeness (QED) is 0.585. The van der Waals surface area contributed by atoms with Crippen LogP contribution in [0.4, 0.5) is 0 Å². The Kier molecular flexibility index (Phi) is 0.887.